The van der Waals surface area contributed by atoms with Gasteiger partial charge < -0.3 is 10.6 Å². The van der Waals surface area contributed by atoms with Gasteiger partial charge in [-0.05, 0) is 49.6 Å². The zero-order valence-corrected chi connectivity index (χ0v) is 12.4. The minimum atomic E-state index is -0.183. The van der Waals surface area contributed by atoms with Crippen molar-refractivity contribution in [1.82, 2.24) is 0 Å². The van der Waals surface area contributed by atoms with Crippen molar-refractivity contribution in [2.24, 2.45) is 5.92 Å². The highest BCUT2D eigenvalue weighted by Crippen LogP contribution is 2.30. The van der Waals surface area contributed by atoms with E-state index in [2.05, 4.69) is 10.6 Å². The lowest BCUT2D eigenvalue weighted by Crippen LogP contribution is -2.15. The van der Waals surface area contributed by atoms with Crippen molar-refractivity contribution in [3.8, 4) is 0 Å². The van der Waals surface area contributed by atoms with E-state index < -0.39 is 0 Å². The molecule has 2 amide bonds. The van der Waals surface area contributed by atoms with Gasteiger partial charge in [0.2, 0.25) is 5.91 Å². The Labute approximate surface area is 129 Å². The maximum atomic E-state index is 12.3. The van der Waals surface area contributed by atoms with E-state index in [0.29, 0.717) is 11.3 Å². The average Bonchev–Trinajstić information content (AvgIpc) is 3.34. The van der Waals surface area contributed by atoms with Crippen LogP contribution in [-0.4, -0.2) is 11.8 Å². The van der Waals surface area contributed by atoms with E-state index in [1.165, 1.54) is 0 Å². The molecular formula is C18H18N2O2. The number of rotatable bonds is 4. The van der Waals surface area contributed by atoms with E-state index in [-0.39, 0.29) is 17.7 Å². The average molecular weight is 294 g/mol. The van der Waals surface area contributed by atoms with Crippen LogP contribution in [0.25, 0.3) is 0 Å². The number of hydrogen-bond acceptors (Lipinski definition) is 2. The van der Waals surface area contributed by atoms with Crippen LogP contribution in [0, 0.1) is 12.8 Å². The second-order valence-corrected chi connectivity index (χ2v) is 5.61. The van der Waals surface area contributed by atoms with Gasteiger partial charge in [0, 0.05) is 22.9 Å². The predicted octanol–water partition coefficient (Wildman–Crippen LogP) is 3.60. The van der Waals surface area contributed by atoms with E-state index in [1.54, 1.807) is 24.3 Å². The van der Waals surface area contributed by atoms with Crippen molar-refractivity contribution in [3.05, 3.63) is 59.7 Å². The molecule has 0 heterocycles. The van der Waals surface area contributed by atoms with E-state index >= 15 is 0 Å². The molecule has 0 aliphatic heterocycles. The minimum Gasteiger partial charge on any atom is -0.326 e. The van der Waals surface area contributed by atoms with Gasteiger partial charge in [-0.1, -0.05) is 24.3 Å². The number of carbonyl (C=O) groups excluding carboxylic acids is 2. The van der Waals surface area contributed by atoms with E-state index in [0.717, 1.165) is 24.1 Å². The van der Waals surface area contributed by atoms with Crippen LogP contribution in [0.3, 0.4) is 0 Å². The minimum absolute atomic E-state index is 0.0384. The van der Waals surface area contributed by atoms with Crippen LogP contribution < -0.4 is 10.6 Å². The van der Waals surface area contributed by atoms with Crippen molar-refractivity contribution in [2.45, 2.75) is 19.8 Å². The molecule has 1 fully saturated rings. The van der Waals surface area contributed by atoms with Crippen LogP contribution >= 0.6 is 0 Å². The molecule has 112 valence electrons. The molecule has 0 saturated heterocycles. The first-order valence-electron chi connectivity index (χ1n) is 7.41. The van der Waals surface area contributed by atoms with Crippen LogP contribution in [0.15, 0.2) is 48.5 Å². The Morgan fingerprint density at radius 3 is 2.50 bits per heavy atom. The van der Waals surface area contributed by atoms with E-state index in [9.17, 15) is 9.59 Å². The summed E-state index contributed by atoms with van der Waals surface area (Å²) >= 11 is 0. The van der Waals surface area contributed by atoms with Gasteiger partial charge in [0.1, 0.15) is 0 Å². The standard InChI is InChI=1S/C18H18N2O2/c1-12-5-2-3-8-16(12)20-18(22)14-6-4-7-15(11-14)19-17(21)13-9-10-13/h2-8,11,13H,9-10H2,1H3,(H,19,21)(H,20,22). The Hall–Kier alpha value is -2.62. The number of carbonyl (C=O) groups is 2. The van der Waals surface area contributed by atoms with Crippen LogP contribution in [0.2, 0.25) is 0 Å². The van der Waals surface area contributed by atoms with Crippen molar-refractivity contribution < 1.29 is 9.59 Å². The van der Waals surface area contributed by atoms with Crippen LogP contribution in [0.1, 0.15) is 28.8 Å². The maximum Gasteiger partial charge on any atom is 0.255 e. The SMILES string of the molecule is Cc1ccccc1NC(=O)c1cccc(NC(=O)C2CC2)c1. The van der Waals surface area contributed by atoms with Crippen LogP contribution in [0.4, 0.5) is 11.4 Å². The number of hydrogen-bond donors (Lipinski definition) is 2. The van der Waals surface area contributed by atoms with Gasteiger partial charge >= 0.3 is 0 Å². The Kier molecular flexibility index (Phi) is 3.92. The molecule has 0 bridgehead atoms. The molecule has 1 aliphatic rings. The first kappa shape index (κ1) is 14.3. The first-order valence-corrected chi connectivity index (χ1v) is 7.41. The molecule has 2 N–H and O–H groups in total. The summed E-state index contributed by atoms with van der Waals surface area (Å²) in [6, 6.07) is 14.6. The summed E-state index contributed by atoms with van der Waals surface area (Å²) in [5.74, 6) is -0.00210. The number of para-hydroxylation sites is 1. The Bertz CT molecular complexity index is 721. The molecule has 1 aliphatic carbocycles. The molecule has 2 aromatic rings. The van der Waals surface area contributed by atoms with Crippen LogP contribution in [-0.2, 0) is 4.79 Å². The third kappa shape index (κ3) is 3.34. The third-order valence-electron chi connectivity index (χ3n) is 3.73. The van der Waals surface area contributed by atoms with Gasteiger partial charge in [-0.25, -0.2) is 0 Å². The number of benzene rings is 2. The van der Waals surface area contributed by atoms with Gasteiger partial charge in [0.05, 0.1) is 0 Å². The second-order valence-electron chi connectivity index (χ2n) is 5.61. The fourth-order valence-corrected chi connectivity index (χ4v) is 2.24. The summed E-state index contributed by atoms with van der Waals surface area (Å²) in [5, 5.41) is 5.75. The summed E-state index contributed by atoms with van der Waals surface area (Å²) in [6.07, 6.45) is 1.92. The second kappa shape index (κ2) is 6.02. The maximum absolute atomic E-state index is 12.3. The number of nitrogens with one attached hydrogen (secondary N) is 2. The Morgan fingerprint density at radius 2 is 1.77 bits per heavy atom. The molecule has 1 saturated carbocycles. The summed E-state index contributed by atoms with van der Waals surface area (Å²) < 4.78 is 0. The molecule has 4 heteroatoms. The molecule has 0 unspecified atom stereocenters. The lowest BCUT2D eigenvalue weighted by atomic mass is 10.1. The number of aryl methyl sites for hydroxylation is 1. The Balaban J connectivity index is 1.72. The lowest BCUT2D eigenvalue weighted by molar-refractivity contribution is -0.117. The van der Waals surface area contributed by atoms with Gasteiger partial charge in [0.15, 0.2) is 0 Å². The Morgan fingerprint density at radius 1 is 1.00 bits per heavy atom. The quantitative estimate of drug-likeness (QED) is 0.905. The lowest BCUT2D eigenvalue weighted by Gasteiger charge is -2.09. The van der Waals surface area contributed by atoms with Gasteiger partial charge in [-0.15, -0.1) is 0 Å². The monoisotopic (exact) mass is 294 g/mol. The predicted molar refractivity (Wildman–Crippen MR) is 86.9 cm³/mol. The topological polar surface area (TPSA) is 58.2 Å². The van der Waals surface area contributed by atoms with E-state index in [1.807, 2.05) is 31.2 Å². The summed E-state index contributed by atoms with van der Waals surface area (Å²) in [4.78, 5) is 24.1. The molecule has 22 heavy (non-hydrogen) atoms. The zero-order valence-electron chi connectivity index (χ0n) is 12.4. The van der Waals surface area contributed by atoms with Crippen molar-refractivity contribution >= 4 is 23.2 Å². The number of amides is 2. The van der Waals surface area contributed by atoms with Gasteiger partial charge in [0.25, 0.3) is 5.91 Å². The molecule has 0 radical (unpaired) electrons. The summed E-state index contributed by atoms with van der Waals surface area (Å²) in [7, 11) is 0. The van der Waals surface area contributed by atoms with Crippen molar-refractivity contribution in [3.63, 3.8) is 0 Å². The van der Waals surface area contributed by atoms with Gasteiger partial charge in [-0.3, -0.25) is 9.59 Å². The molecular weight excluding hydrogens is 276 g/mol. The fraction of sp³-hybridized carbons (Fsp3) is 0.222. The summed E-state index contributed by atoms with van der Waals surface area (Å²) in [5.41, 5.74) is 2.99. The number of anilines is 2. The third-order valence-corrected chi connectivity index (χ3v) is 3.73. The smallest absolute Gasteiger partial charge is 0.255 e. The van der Waals surface area contributed by atoms with Crippen LogP contribution in [0.5, 0.6) is 0 Å². The van der Waals surface area contributed by atoms with Gasteiger partial charge in [-0.2, -0.15) is 0 Å². The molecule has 3 rings (SSSR count). The van der Waals surface area contributed by atoms with Crippen molar-refractivity contribution in [2.75, 3.05) is 10.6 Å². The molecule has 0 spiro atoms. The highest BCUT2D eigenvalue weighted by Gasteiger charge is 2.29. The summed E-state index contributed by atoms with van der Waals surface area (Å²) in [6.45, 7) is 1.95. The normalized spacial score (nSPS) is 13.5. The van der Waals surface area contributed by atoms with E-state index in [4.69, 9.17) is 0 Å². The van der Waals surface area contributed by atoms with Crippen molar-refractivity contribution in [1.29, 1.82) is 0 Å². The highest BCUT2D eigenvalue weighted by atomic mass is 16.2. The fourth-order valence-electron chi connectivity index (χ4n) is 2.24. The highest BCUT2D eigenvalue weighted by molar-refractivity contribution is 6.05. The molecule has 2 aromatic carbocycles. The molecule has 4 nitrogen and oxygen atoms in total. The largest absolute Gasteiger partial charge is 0.326 e. The molecule has 0 atom stereocenters. The first-order chi connectivity index (χ1) is 10.6. The molecule has 0 aromatic heterocycles. The zero-order chi connectivity index (χ0) is 15.5.